The third-order valence-electron chi connectivity index (χ3n) is 3.51. The normalized spacial score (nSPS) is 10.6. The van der Waals surface area contributed by atoms with Crippen LogP contribution in [0.25, 0.3) is 0 Å². The Balaban J connectivity index is 1.89. The van der Waals surface area contributed by atoms with Gasteiger partial charge in [0.05, 0.1) is 20.4 Å². The zero-order chi connectivity index (χ0) is 18.2. The highest BCUT2D eigenvalue weighted by Gasteiger charge is 2.05. The lowest BCUT2D eigenvalue weighted by Gasteiger charge is -2.09. The van der Waals surface area contributed by atoms with Crippen LogP contribution in [0, 0.1) is 13.8 Å². The summed E-state index contributed by atoms with van der Waals surface area (Å²) < 4.78 is 15.9. The summed E-state index contributed by atoms with van der Waals surface area (Å²) in [5.74, 6) is 1.58. The molecule has 0 saturated heterocycles. The lowest BCUT2D eigenvalue weighted by molar-refractivity contribution is -0.123. The van der Waals surface area contributed by atoms with Crippen LogP contribution < -0.4 is 19.6 Å². The molecular weight excluding hydrogens is 320 g/mol. The summed E-state index contributed by atoms with van der Waals surface area (Å²) in [7, 11) is 3.13. The summed E-state index contributed by atoms with van der Waals surface area (Å²) in [6, 6.07) is 11.2. The number of ether oxygens (including phenoxy) is 3. The van der Waals surface area contributed by atoms with E-state index in [2.05, 4.69) is 10.5 Å². The van der Waals surface area contributed by atoms with Gasteiger partial charge in [0.1, 0.15) is 5.75 Å². The summed E-state index contributed by atoms with van der Waals surface area (Å²) in [4.78, 5) is 11.8. The second-order valence-corrected chi connectivity index (χ2v) is 5.47. The lowest BCUT2D eigenvalue weighted by atomic mass is 10.1. The number of benzene rings is 2. The maximum Gasteiger partial charge on any atom is 0.277 e. The summed E-state index contributed by atoms with van der Waals surface area (Å²) >= 11 is 0. The van der Waals surface area contributed by atoms with Crippen LogP contribution in [0.1, 0.15) is 16.7 Å². The van der Waals surface area contributed by atoms with Crippen LogP contribution in [-0.4, -0.2) is 32.9 Å². The lowest BCUT2D eigenvalue weighted by Crippen LogP contribution is -2.24. The van der Waals surface area contributed by atoms with Crippen LogP contribution >= 0.6 is 0 Å². The number of methoxy groups -OCH3 is 2. The molecule has 0 radical (unpaired) electrons. The molecule has 0 aliphatic rings. The van der Waals surface area contributed by atoms with E-state index >= 15 is 0 Å². The molecule has 0 fully saturated rings. The van der Waals surface area contributed by atoms with Crippen molar-refractivity contribution in [3.63, 3.8) is 0 Å². The van der Waals surface area contributed by atoms with Crippen molar-refractivity contribution in [1.29, 1.82) is 0 Å². The number of hydrazone groups is 1. The van der Waals surface area contributed by atoms with Gasteiger partial charge in [0, 0.05) is 0 Å². The summed E-state index contributed by atoms with van der Waals surface area (Å²) in [5, 5.41) is 3.92. The second kappa shape index (κ2) is 8.73. The number of rotatable bonds is 7. The van der Waals surface area contributed by atoms with E-state index in [9.17, 15) is 4.79 Å². The van der Waals surface area contributed by atoms with E-state index in [1.165, 1.54) is 6.21 Å². The SMILES string of the molecule is COc1ccc(/C=N/NC(=O)COc2cc(C)ccc2C)cc1OC. The third-order valence-corrected chi connectivity index (χ3v) is 3.51. The largest absolute Gasteiger partial charge is 0.493 e. The highest BCUT2D eigenvalue weighted by Crippen LogP contribution is 2.26. The molecule has 2 aromatic rings. The molecule has 2 aromatic carbocycles. The van der Waals surface area contributed by atoms with Crippen LogP contribution in [0.5, 0.6) is 17.2 Å². The molecule has 25 heavy (non-hydrogen) atoms. The average molecular weight is 342 g/mol. The van der Waals surface area contributed by atoms with Crippen LogP contribution in [0.2, 0.25) is 0 Å². The number of carbonyl (C=O) groups excluding carboxylic acids is 1. The zero-order valence-electron chi connectivity index (χ0n) is 14.8. The van der Waals surface area contributed by atoms with Crippen molar-refractivity contribution in [2.45, 2.75) is 13.8 Å². The quantitative estimate of drug-likeness (QED) is 0.620. The molecule has 0 aliphatic carbocycles. The number of nitrogens with zero attached hydrogens (tertiary/aromatic N) is 1. The topological polar surface area (TPSA) is 69.2 Å². The van der Waals surface area contributed by atoms with Crippen LogP contribution in [-0.2, 0) is 4.79 Å². The van der Waals surface area contributed by atoms with E-state index in [1.54, 1.807) is 26.4 Å². The maximum atomic E-state index is 11.8. The number of hydrogen-bond acceptors (Lipinski definition) is 5. The van der Waals surface area contributed by atoms with E-state index in [0.29, 0.717) is 17.2 Å². The predicted molar refractivity (Wildman–Crippen MR) is 96.7 cm³/mol. The fourth-order valence-electron chi connectivity index (χ4n) is 2.15. The van der Waals surface area contributed by atoms with Crippen molar-refractivity contribution in [2.75, 3.05) is 20.8 Å². The van der Waals surface area contributed by atoms with Gasteiger partial charge in [-0.25, -0.2) is 5.43 Å². The molecule has 6 heteroatoms. The van der Waals surface area contributed by atoms with Gasteiger partial charge >= 0.3 is 0 Å². The molecule has 2 rings (SSSR count). The molecule has 0 aromatic heterocycles. The van der Waals surface area contributed by atoms with E-state index in [-0.39, 0.29) is 12.5 Å². The maximum absolute atomic E-state index is 11.8. The van der Waals surface area contributed by atoms with Crippen LogP contribution in [0.3, 0.4) is 0 Å². The zero-order valence-corrected chi connectivity index (χ0v) is 14.8. The molecule has 0 spiro atoms. The van der Waals surface area contributed by atoms with E-state index < -0.39 is 0 Å². The smallest absolute Gasteiger partial charge is 0.277 e. The van der Waals surface area contributed by atoms with E-state index in [0.717, 1.165) is 16.7 Å². The summed E-state index contributed by atoms with van der Waals surface area (Å²) in [5.41, 5.74) is 5.26. The Kier molecular flexibility index (Phi) is 6.39. The molecule has 0 bridgehead atoms. The minimum absolute atomic E-state index is 0.104. The molecule has 132 valence electrons. The van der Waals surface area contributed by atoms with Gasteiger partial charge in [-0.15, -0.1) is 0 Å². The van der Waals surface area contributed by atoms with Crippen LogP contribution in [0.15, 0.2) is 41.5 Å². The molecular formula is C19H22N2O4. The molecule has 6 nitrogen and oxygen atoms in total. The van der Waals surface area contributed by atoms with Crippen molar-refractivity contribution >= 4 is 12.1 Å². The van der Waals surface area contributed by atoms with Gasteiger partial charge in [-0.2, -0.15) is 5.10 Å². The Morgan fingerprint density at radius 3 is 2.52 bits per heavy atom. The monoisotopic (exact) mass is 342 g/mol. The molecule has 0 saturated carbocycles. The Morgan fingerprint density at radius 1 is 1.04 bits per heavy atom. The minimum atomic E-state index is -0.336. The standard InChI is InChI=1S/C19H22N2O4/c1-13-5-6-14(2)17(9-13)25-12-19(22)21-20-11-15-7-8-16(23-3)18(10-15)24-4/h5-11H,12H2,1-4H3,(H,21,22)/b20-11+. The molecule has 1 N–H and O–H groups in total. The van der Waals surface area contributed by atoms with Gasteiger partial charge in [-0.1, -0.05) is 12.1 Å². The van der Waals surface area contributed by atoms with Gasteiger partial charge in [0.25, 0.3) is 5.91 Å². The molecule has 0 unspecified atom stereocenters. The van der Waals surface area contributed by atoms with Crippen molar-refractivity contribution in [3.8, 4) is 17.2 Å². The van der Waals surface area contributed by atoms with Crippen molar-refractivity contribution in [2.24, 2.45) is 5.10 Å². The van der Waals surface area contributed by atoms with E-state index in [1.807, 2.05) is 38.1 Å². The average Bonchev–Trinajstić information content (AvgIpc) is 2.62. The van der Waals surface area contributed by atoms with Gasteiger partial charge < -0.3 is 14.2 Å². The second-order valence-electron chi connectivity index (χ2n) is 5.47. The van der Waals surface area contributed by atoms with E-state index in [4.69, 9.17) is 14.2 Å². The fraction of sp³-hybridized carbons (Fsp3) is 0.263. The highest BCUT2D eigenvalue weighted by atomic mass is 16.5. The number of nitrogens with one attached hydrogen (secondary N) is 1. The Labute approximate surface area is 147 Å². The van der Waals surface area contributed by atoms with Gasteiger partial charge in [0.2, 0.25) is 0 Å². The van der Waals surface area contributed by atoms with Crippen molar-refractivity contribution in [3.05, 3.63) is 53.1 Å². The number of amides is 1. The number of hydrogen-bond donors (Lipinski definition) is 1. The molecule has 1 amide bonds. The summed E-state index contributed by atoms with van der Waals surface area (Å²) in [6.45, 7) is 3.80. The highest BCUT2D eigenvalue weighted by molar-refractivity contribution is 5.83. The third kappa shape index (κ3) is 5.24. The Morgan fingerprint density at radius 2 is 1.80 bits per heavy atom. The molecule has 0 atom stereocenters. The van der Waals surface area contributed by atoms with Crippen molar-refractivity contribution < 1.29 is 19.0 Å². The van der Waals surface area contributed by atoms with Gasteiger partial charge in [0.15, 0.2) is 18.1 Å². The fourth-order valence-corrected chi connectivity index (χ4v) is 2.15. The first-order valence-electron chi connectivity index (χ1n) is 7.77. The minimum Gasteiger partial charge on any atom is -0.493 e. The Bertz CT molecular complexity index is 772. The Hall–Kier alpha value is -3.02. The molecule has 0 aliphatic heterocycles. The summed E-state index contributed by atoms with van der Waals surface area (Å²) in [6.07, 6.45) is 1.53. The van der Waals surface area contributed by atoms with Crippen molar-refractivity contribution in [1.82, 2.24) is 5.43 Å². The number of carbonyl (C=O) groups is 1. The van der Waals surface area contributed by atoms with Gasteiger partial charge in [-0.05, 0) is 54.8 Å². The first-order valence-corrected chi connectivity index (χ1v) is 7.77. The first-order chi connectivity index (χ1) is 12.0. The first kappa shape index (κ1) is 18.3. The van der Waals surface area contributed by atoms with Gasteiger partial charge in [-0.3, -0.25) is 4.79 Å². The number of aryl methyl sites for hydroxylation is 2. The predicted octanol–water partition coefficient (Wildman–Crippen LogP) is 2.85. The van der Waals surface area contributed by atoms with Crippen LogP contribution in [0.4, 0.5) is 0 Å². The molecule has 0 heterocycles.